The average molecular weight is 346 g/mol. The molecule has 1 fully saturated rings. The maximum absolute atomic E-state index is 11.9. The summed E-state index contributed by atoms with van der Waals surface area (Å²) in [7, 11) is 0. The largest absolute Gasteiger partial charge is 0.479 e. The molecule has 2 rings (SSSR count). The molecule has 0 saturated carbocycles. The minimum atomic E-state index is -1.80. The standard InChI is InChI=1S/C14H16ClNO7/c15-7-3-1-6(2-4-7)5-8(17)16-13-11(20)9(18)10(19)12(23-13)14(21)22/h1-4,9-13,18-20H,5H2,(H,16,17)(H,21,22)/t9-,10-,11+,12-,13+/m0/s1. The van der Waals surface area contributed by atoms with Gasteiger partial charge in [-0.2, -0.15) is 0 Å². The number of hydrogen-bond donors (Lipinski definition) is 5. The number of amides is 1. The van der Waals surface area contributed by atoms with Crippen LogP contribution in [0.3, 0.4) is 0 Å². The van der Waals surface area contributed by atoms with E-state index in [1.807, 2.05) is 0 Å². The summed E-state index contributed by atoms with van der Waals surface area (Å²) in [5, 5.41) is 40.7. The van der Waals surface area contributed by atoms with Crippen molar-refractivity contribution in [3.8, 4) is 0 Å². The molecule has 23 heavy (non-hydrogen) atoms. The third-order valence-corrected chi connectivity index (χ3v) is 3.69. The van der Waals surface area contributed by atoms with Gasteiger partial charge in [0.2, 0.25) is 5.91 Å². The molecular formula is C14H16ClNO7. The number of aliphatic hydroxyl groups is 3. The van der Waals surface area contributed by atoms with Crippen LogP contribution in [0.1, 0.15) is 5.56 Å². The van der Waals surface area contributed by atoms with Crippen molar-refractivity contribution in [3.05, 3.63) is 34.9 Å². The Kier molecular flexibility index (Phi) is 5.55. The molecule has 1 aromatic carbocycles. The van der Waals surface area contributed by atoms with Crippen LogP contribution in [0.15, 0.2) is 24.3 Å². The van der Waals surface area contributed by atoms with Crippen molar-refractivity contribution in [2.45, 2.75) is 37.1 Å². The maximum atomic E-state index is 11.9. The van der Waals surface area contributed by atoms with Crippen LogP contribution < -0.4 is 5.32 Å². The van der Waals surface area contributed by atoms with Crippen molar-refractivity contribution in [1.29, 1.82) is 0 Å². The fraction of sp³-hybridized carbons (Fsp3) is 0.429. The van der Waals surface area contributed by atoms with Gasteiger partial charge in [0.25, 0.3) is 0 Å². The fourth-order valence-electron chi connectivity index (χ4n) is 2.20. The van der Waals surface area contributed by atoms with E-state index in [9.17, 15) is 24.9 Å². The van der Waals surface area contributed by atoms with Crippen molar-refractivity contribution >= 4 is 23.5 Å². The minimum absolute atomic E-state index is 0.0554. The number of rotatable bonds is 4. The fourth-order valence-corrected chi connectivity index (χ4v) is 2.33. The number of carbonyl (C=O) groups excluding carboxylic acids is 1. The van der Waals surface area contributed by atoms with Crippen molar-refractivity contribution in [2.75, 3.05) is 0 Å². The monoisotopic (exact) mass is 345 g/mol. The van der Waals surface area contributed by atoms with Crippen LogP contribution in [0.4, 0.5) is 0 Å². The molecule has 0 bridgehead atoms. The van der Waals surface area contributed by atoms with Gasteiger partial charge in [-0.15, -0.1) is 0 Å². The highest BCUT2D eigenvalue weighted by Crippen LogP contribution is 2.20. The molecule has 5 atom stereocenters. The smallest absolute Gasteiger partial charge is 0.335 e. The van der Waals surface area contributed by atoms with Crippen molar-refractivity contribution in [3.63, 3.8) is 0 Å². The lowest BCUT2D eigenvalue weighted by Gasteiger charge is -2.38. The van der Waals surface area contributed by atoms with Gasteiger partial charge >= 0.3 is 5.97 Å². The molecule has 0 radical (unpaired) electrons. The number of carbonyl (C=O) groups is 2. The predicted molar refractivity (Wildman–Crippen MR) is 77.6 cm³/mol. The summed E-state index contributed by atoms with van der Waals surface area (Å²) < 4.78 is 4.96. The summed E-state index contributed by atoms with van der Waals surface area (Å²) in [5.74, 6) is -2.07. The summed E-state index contributed by atoms with van der Waals surface area (Å²) in [6.07, 6.45) is -8.48. The molecule has 1 aliphatic rings. The summed E-state index contributed by atoms with van der Waals surface area (Å²) >= 11 is 5.74. The maximum Gasteiger partial charge on any atom is 0.335 e. The van der Waals surface area contributed by atoms with E-state index >= 15 is 0 Å². The molecule has 126 valence electrons. The van der Waals surface area contributed by atoms with Crippen LogP contribution in [0.5, 0.6) is 0 Å². The Balaban J connectivity index is 2.01. The zero-order valence-corrected chi connectivity index (χ0v) is 12.6. The number of aliphatic carboxylic acids is 1. The highest BCUT2D eigenvalue weighted by Gasteiger charge is 2.47. The van der Waals surface area contributed by atoms with Gasteiger partial charge in [0, 0.05) is 5.02 Å². The average Bonchev–Trinajstić information content (AvgIpc) is 2.50. The zero-order valence-electron chi connectivity index (χ0n) is 11.8. The van der Waals surface area contributed by atoms with Crippen molar-refractivity contribution in [1.82, 2.24) is 5.32 Å². The highest BCUT2D eigenvalue weighted by atomic mass is 35.5. The van der Waals surface area contributed by atoms with Gasteiger partial charge in [0.1, 0.15) is 18.3 Å². The van der Waals surface area contributed by atoms with Crippen LogP contribution in [-0.2, 0) is 20.7 Å². The molecule has 1 saturated heterocycles. The Labute approximate surface area is 136 Å². The molecule has 1 heterocycles. The summed E-state index contributed by atoms with van der Waals surface area (Å²) in [6, 6.07) is 6.49. The Bertz CT molecular complexity index is 579. The van der Waals surface area contributed by atoms with Crippen LogP contribution in [0.25, 0.3) is 0 Å². The summed E-state index contributed by atoms with van der Waals surface area (Å²) in [6.45, 7) is 0. The third-order valence-electron chi connectivity index (χ3n) is 3.44. The molecule has 1 aliphatic heterocycles. The molecule has 0 aliphatic carbocycles. The van der Waals surface area contributed by atoms with E-state index in [1.165, 1.54) is 0 Å². The Hall–Kier alpha value is -1.71. The van der Waals surface area contributed by atoms with Gasteiger partial charge in [-0.1, -0.05) is 23.7 Å². The number of carboxylic acids is 1. The van der Waals surface area contributed by atoms with Gasteiger partial charge in [-0.05, 0) is 17.7 Å². The molecule has 1 amide bonds. The topological polar surface area (TPSA) is 136 Å². The third kappa shape index (κ3) is 4.18. The van der Waals surface area contributed by atoms with E-state index in [1.54, 1.807) is 24.3 Å². The molecule has 0 unspecified atom stereocenters. The molecule has 8 nitrogen and oxygen atoms in total. The number of nitrogens with one attached hydrogen (secondary N) is 1. The number of carboxylic acid groups (broad SMARTS) is 1. The first-order valence-electron chi connectivity index (χ1n) is 6.76. The first-order valence-corrected chi connectivity index (χ1v) is 7.13. The second-order valence-corrected chi connectivity index (χ2v) is 5.59. The zero-order chi connectivity index (χ0) is 17.1. The second kappa shape index (κ2) is 7.24. The number of hydrogen-bond acceptors (Lipinski definition) is 6. The van der Waals surface area contributed by atoms with Gasteiger partial charge in [0.15, 0.2) is 12.3 Å². The SMILES string of the molecule is O=C(Cc1ccc(Cl)cc1)N[C@@H]1O[C@H](C(=O)O)[C@@H](O)[C@H](O)[C@H]1O. The van der Waals surface area contributed by atoms with Crippen molar-refractivity contribution < 1.29 is 34.8 Å². The number of halogens is 1. The minimum Gasteiger partial charge on any atom is -0.479 e. The lowest BCUT2D eigenvalue weighted by atomic mass is 9.98. The summed E-state index contributed by atoms with van der Waals surface area (Å²) in [4.78, 5) is 22.9. The lowest BCUT2D eigenvalue weighted by Crippen LogP contribution is -2.64. The van der Waals surface area contributed by atoms with Gasteiger partial charge in [-0.25, -0.2) is 4.79 Å². The van der Waals surface area contributed by atoms with Gasteiger partial charge in [-0.3, -0.25) is 4.79 Å². The Morgan fingerprint density at radius 2 is 1.70 bits per heavy atom. The van der Waals surface area contributed by atoms with Crippen LogP contribution >= 0.6 is 11.6 Å². The van der Waals surface area contributed by atoms with E-state index in [-0.39, 0.29) is 6.42 Å². The highest BCUT2D eigenvalue weighted by molar-refractivity contribution is 6.30. The number of aliphatic hydroxyl groups excluding tert-OH is 3. The van der Waals surface area contributed by atoms with Crippen LogP contribution in [0, 0.1) is 0 Å². The van der Waals surface area contributed by atoms with E-state index in [4.69, 9.17) is 21.4 Å². The number of benzene rings is 1. The van der Waals surface area contributed by atoms with Gasteiger partial charge < -0.3 is 30.5 Å². The van der Waals surface area contributed by atoms with E-state index < -0.39 is 42.5 Å². The molecule has 9 heteroatoms. The van der Waals surface area contributed by atoms with E-state index in [0.29, 0.717) is 10.6 Å². The van der Waals surface area contributed by atoms with Crippen molar-refractivity contribution in [2.24, 2.45) is 0 Å². The molecule has 1 aromatic rings. The first-order chi connectivity index (χ1) is 10.8. The van der Waals surface area contributed by atoms with Crippen LogP contribution in [0.2, 0.25) is 5.02 Å². The molecule has 0 aromatic heterocycles. The molecule has 0 spiro atoms. The normalized spacial score (nSPS) is 30.7. The van der Waals surface area contributed by atoms with E-state index in [0.717, 1.165) is 0 Å². The Morgan fingerprint density at radius 1 is 1.09 bits per heavy atom. The second-order valence-electron chi connectivity index (χ2n) is 5.16. The number of ether oxygens (including phenoxy) is 1. The Morgan fingerprint density at radius 3 is 2.26 bits per heavy atom. The molecule has 5 N–H and O–H groups in total. The predicted octanol–water partition coefficient (Wildman–Crippen LogP) is -1.11. The molecular weight excluding hydrogens is 330 g/mol. The first kappa shape index (κ1) is 17.6. The quantitative estimate of drug-likeness (QED) is 0.467. The van der Waals surface area contributed by atoms with Gasteiger partial charge in [0.05, 0.1) is 6.42 Å². The van der Waals surface area contributed by atoms with Crippen LogP contribution in [-0.4, -0.2) is 62.9 Å². The lowest BCUT2D eigenvalue weighted by molar-refractivity contribution is -0.233. The summed E-state index contributed by atoms with van der Waals surface area (Å²) in [5.41, 5.74) is 0.646. The van der Waals surface area contributed by atoms with E-state index in [2.05, 4.69) is 5.32 Å².